The highest BCUT2D eigenvalue weighted by atomic mass is 35.5. The molecule has 0 aliphatic heterocycles. The van der Waals surface area contributed by atoms with Gasteiger partial charge in [0.15, 0.2) is 5.78 Å². The molecule has 1 heterocycles. The molecule has 0 aliphatic rings. The number of H-pyrrole nitrogens is 1. The van der Waals surface area contributed by atoms with Crippen molar-refractivity contribution in [3.63, 3.8) is 0 Å². The van der Waals surface area contributed by atoms with Crippen molar-refractivity contribution in [2.24, 2.45) is 5.16 Å². The summed E-state index contributed by atoms with van der Waals surface area (Å²) in [5, 5.41) is 6.16. The van der Waals surface area contributed by atoms with E-state index in [-0.39, 0.29) is 17.3 Å². The highest BCUT2D eigenvalue weighted by Crippen LogP contribution is 2.29. The average molecular weight is 555 g/mol. The molecule has 0 amide bonds. The molecule has 6 nitrogen and oxygen atoms in total. The maximum absolute atomic E-state index is 13.5. The minimum Gasteiger partial charge on any atom is -0.355 e. The van der Waals surface area contributed by atoms with Crippen LogP contribution < -0.4 is 0 Å². The Bertz CT molecular complexity index is 1730. The number of Topliss-reactive ketones (excluding diaryl/α,β-unsaturated/α-hetero) is 1. The number of oxime groups is 1. The summed E-state index contributed by atoms with van der Waals surface area (Å²) in [6, 6.07) is 27.3. The zero-order valence-electron chi connectivity index (χ0n) is 20.9. The number of carbonyl (C=O) groups excluding carboxylic acids is 3. The Kier molecular flexibility index (Phi) is 7.91. The van der Waals surface area contributed by atoms with Gasteiger partial charge in [0, 0.05) is 67.5 Å². The first kappa shape index (κ1) is 26.4. The fourth-order valence-corrected chi connectivity index (χ4v) is 5.20. The lowest BCUT2D eigenvalue weighted by Gasteiger charge is -2.07. The summed E-state index contributed by atoms with van der Waals surface area (Å²) in [7, 11) is 0. The normalized spacial score (nSPS) is 11.6. The number of aromatic nitrogens is 1. The maximum Gasteiger partial charge on any atom is 0.331 e. The average Bonchev–Trinajstić information content (AvgIpc) is 3.32. The second-order valence-electron chi connectivity index (χ2n) is 8.84. The van der Waals surface area contributed by atoms with E-state index in [1.807, 2.05) is 48.5 Å². The smallest absolute Gasteiger partial charge is 0.331 e. The molecule has 0 saturated carbocycles. The van der Waals surface area contributed by atoms with Crippen molar-refractivity contribution in [2.75, 3.05) is 5.75 Å². The molecule has 5 rings (SSSR count). The SMILES string of the molecule is CC(=O)O/N=C(\CCSc1ccc(Cl)cc1)C(=O)c1ccc2[nH]c3ccc(C(=O)c4ccccc4)cc3c2c1. The van der Waals surface area contributed by atoms with Gasteiger partial charge in [-0.1, -0.05) is 47.1 Å². The summed E-state index contributed by atoms with van der Waals surface area (Å²) >= 11 is 7.50. The molecule has 0 fully saturated rings. The number of aromatic amines is 1. The first-order chi connectivity index (χ1) is 18.9. The van der Waals surface area contributed by atoms with Gasteiger partial charge in [0.1, 0.15) is 5.71 Å². The fraction of sp³-hybridized carbons (Fsp3) is 0.0968. The molecule has 1 N–H and O–H groups in total. The van der Waals surface area contributed by atoms with Crippen molar-refractivity contribution in [1.29, 1.82) is 0 Å². The summed E-state index contributed by atoms with van der Waals surface area (Å²) in [5.41, 5.74) is 3.41. The highest BCUT2D eigenvalue weighted by molar-refractivity contribution is 7.99. The monoisotopic (exact) mass is 554 g/mol. The lowest BCUT2D eigenvalue weighted by atomic mass is 9.99. The van der Waals surface area contributed by atoms with E-state index in [0.717, 1.165) is 26.7 Å². The molecule has 0 radical (unpaired) electrons. The number of carbonyl (C=O) groups is 3. The number of ketones is 2. The van der Waals surface area contributed by atoms with Gasteiger partial charge in [-0.3, -0.25) is 9.59 Å². The van der Waals surface area contributed by atoms with Crippen LogP contribution in [0.15, 0.2) is 101 Å². The van der Waals surface area contributed by atoms with E-state index < -0.39 is 5.97 Å². The van der Waals surface area contributed by atoms with Crippen molar-refractivity contribution in [2.45, 2.75) is 18.2 Å². The third-order valence-corrected chi connectivity index (χ3v) is 7.39. The van der Waals surface area contributed by atoms with Crippen LogP contribution in [0.2, 0.25) is 5.02 Å². The molecule has 4 aromatic carbocycles. The molecule has 39 heavy (non-hydrogen) atoms. The van der Waals surface area contributed by atoms with Gasteiger partial charge in [-0.05, 0) is 60.7 Å². The van der Waals surface area contributed by atoms with Gasteiger partial charge in [-0.15, -0.1) is 11.8 Å². The fourth-order valence-electron chi connectivity index (χ4n) is 4.22. The zero-order chi connectivity index (χ0) is 27.4. The molecular weight excluding hydrogens is 532 g/mol. The van der Waals surface area contributed by atoms with E-state index in [1.54, 1.807) is 54.2 Å². The quantitative estimate of drug-likeness (QED) is 0.0670. The molecule has 0 bridgehead atoms. The summed E-state index contributed by atoms with van der Waals surface area (Å²) in [6.07, 6.45) is 0.293. The van der Waals surface area contributed by atoms with Crippen molar-refractivity contribution >= 4 is 68.4 Å². The standard InChI is InChI=1S/C31H23ClN2O4S/c1-19(35)38-34-29(15-16-39-24-11-9-23(32)10-12-24)31(37)22-8-14-28-26(18-22)25-17-21(7-13-27(25)33-28)30(36)20-5-3-2-4-6-20/h2-14,17-18,33H,15-16H2,1H3/b34-29+. The van der Waals surface area contributed by atoms with Crippen LogP contribution in [0.25, 0.3) is 21.8 Å². The van der Waals surface area contributed by atoms with Gasteiger partial charge in [0.05, 0.1) is 0 Å². The minimum atomic E-state index is -0.603. The summed E-state index contributed by atoms with van der Waals surface area (Å²) in [6.45, 7) is 1.24. The number of nitrogens with zero attached hydrogens (tertiary/aromatic N) is 1. The van der Waals surface area contributed by atoms with Gasteiger partial charge in [0.25, 0.3) is 0 Å². The number of thioether (sulfide) groups is 1. The van der Waals surface area contributed by atoms with Crippen LogP contribution in [-0.2, 0) is 9.63 Å². The third kappa shape index (κ3) is 6.11. The first-order valence-corrected chi connectivity index (χ1v) is 13.6. The Morgan fingerprint density at radius 1 is 0.821 bits per heavy atom. The predicted molar refractivity (Wildman–Crippen MR) is 156 cm³/mol. The van der Waals surface area contributed by atoms with Gasteiger partial charge < -0.3 is 9.82 Å². The molecule has 0 unspecified atom stereocenters. The Morgan fingerprint density at radius 3 is 2.13 bits per heavy atom. The molecule has 5 aromatic rings. The Balaban J connectivity index is 1.43. The number of hydrogen-bond donors (Lipinski definition) is 1. The van der Waals surface area contributed by atoms with E-state index in [1.165, 1.54) is 6.92 Å². The lowest BCUT2D eigenvalue weighted by molar-refractivity contribution is -0.140. The van der Waals surface area contributed by atoms with E-state index in [9.17, 15) is 14.4 Å². The predicted octanol–water partition coefficient (Wildman–Crippen LogP) is 7.49. The summed E-state index contributed by atoms with van der Waals surface area (Å²) in [4.78, 5) is 47.1. The molecular formula is C31H23ClN2O4S. The maximum atomic E-state index is 13.5. The van der Waals surface area contributed by atoms with E-state index in [4.69, 9.17) is 16.4 Å². The third-order valence-electron chi connectivity index (χ3n) is 6.13. The van der Waals surface area contributed by atoms with Crippen molar-refractivity contribution in [3.8, 4) is 0 Å². The Morgan fingerprint density at radius 2 is 1.46 bits per heavy atom. The molecule has 1 aromatic heterocycles. The molecule has 0 aliphatic carbocycles. The minimum absolute atomic E-state index is 0.0759. The number of benzene rings is 4. The molecule has 8 heteroatoms. The summed E-state index contributed by atoms with van der Waals surface area (Å²) in [5.74, 6) is -0.463. The van der Waals surface area contributed by atoms with Crippen LogP contribution in [-0.4, -0.2) is 34.0 Å². The number of halogens is 1. The van der Waals surface area contributed by atoms with Crippen LogP contribution in [0.1, 0.15) is 39.6 Å². The second-order valence-corrected chi connectivity index (χ2v) is 10.4. The van der Waals surface area contributed by atoms with Crippen LogP contribution in [0.5, 0.6) is 0 Å². The van der Waals surface area contributed by atoms with E-state index in [2.05, 4.69) is 10.1 Å². The highest BCUT2D eigenvalue weighted by Gasteiger charge is 2.18. The Labute approximate surface area is 234 Å². The van der Waals surface area contributed by atoms with Crippen LogP contribution in [0, 0.1) is 0 Å². The first-order valence-electron chi connectivity index (χ1n) is 12.2. The molecule has 0 spiro atoms. The molecule has 0 saturated heterocycles. The number of hydrogen-bond acceptors (Lipinski definition) is 6. The van der Waals surface area contributed by atoms with Crippen LogP contribution >= 0.6 is 23.4 Å². The van der Waals surface area contributed by atoms with Gasteiger partial charge in [-0.2, -0.15) is 0 Å². The molecule has 0 atom stereocenters. The van der Waals surface area contributed by atoms with Crippen LogP contribution in [0.4, 0.5) is 0 Å². The van der Waals surface area contributed by atoms with E-state index in [0.29, 0.717) is 33.9 Å². The zero-order valence-corrected chi connectivity index (χ0v) is 22.5. The van der Waals surface area contributed by atoms with Crippen molar-refractivity contribution in [3.05, 3.63) is 113 Å². The van der Waals surface area contributed by atoms with Crippen LogP contribution in [0.3, 0.4) is 0 Å². The number of nitrogens with one attached hydrogen (secondary N) is 1. The van der Waals surface area contributed by atoms with Crippen molar-refractivity contribution in [1.82, 2.24) is 4.98 Å². The summed E-state index contributed by atoms with van der Waals surface area (Å²) < 4.78 is 0. The van der Waals surface area contributed by atoms with Gasteiger partial charge in [-0.25, -0.2) is 4.79 Å². The lowest BCUT2D eigenvalue weighted by Crippen LogP contribution is -2.16. The Hall–Kier alpha value is -4.20. The van der Waals surface area contributed by atoms with Crippen molar-refractivity contribution < 1.29 is 19.2 Å². The number of rotatable bonds is 9. The van der Waals surface area contributed by atoms with Gasteiger partial charge in [0.2, 0.25) is 5.78 Å². The van der Waals surface area contributed by atoms with Gasteiger partial charge >= 0.3 is 5.97 Å². The molecule has 194 valence electrons. The van der Waals surface area contributed by atoms with E-state index >= 15 is 0 Å². The second kappa shape index (κ2) is 11.7. The largest absolute Gasteiger partial charge is 0.355 e. The number of fused-ring (bicyclic) bond motifs is 3. The topological polar surface area (TPSA) is 88.6 Å².